The largest absolute Gasteiger partial charge is 0.465 e. The summed E-state index contributed by atoms with van der Waals surface area (Å²) in [5.74, 6) is -1.23. The lowest BCUT2D eigenvalue weighted by atomic mass is 9.93. The fourth-order valence-corrected chi connectivity index (χ4v) is 4.72. The Balaban J connectivity index is 1.85. The van der Waals surface area contributed by atoms with Crippen LogP contribution in [0.4, 0.5) is 5.69 Å². The zero-order valence-electron chi connectivity index (χ0n) is 20.6. The number of carbonyl (C=O) groups is 3. The first kappa shape index (κ1) is 25.1. The van der Waals surface area contributed by atoms with Crippen molar-refractivity contribution in [3.05, 3.63) is 95.3 Å². The standard InChI is InChI=1S/C29H31N3O4/c1-20-11-6-7-16-24(20)26(27(33)31-22-13-4-3-5-14-22)32(28(34)25-17-8-9-18-30-25)23-15-10-12-21(19-23)29(35)36-2/h6-12,15-19,22,26H,3-5,13-14H2,1-2H3,(H,31,33)/t26-/m0/s1. The molecule has 1 saturated carbocycles. The highest BCUT2D eigenvalue weighted by molar-refractivity contribution is 6.09. The number of methoxy groups -OCH3 is 1. The summed E-state index contributed by atoms with van der Waals surface area (Å²) in [7, 11) is 1.31. The summed E-state index contributed by atoms with van der Waals surface area (Å²) < 4.78 is 4.89. The minimum absolute atomic E-state index is 0.0611. The van der Waals surface area contributed by atoms with Crippen molar-refractivity contribution in [2.24, 2.45) is 0 Å². The molecular weight excluding hydrogens is 454 g/mol. The summed E-state index contributed by atoms with van der Waals surface area (Å²) in [4.78, 5) is 46.0. The van der Waals surface area contributed by atoms with Gasteiger partial charge in [0.1, 0.15) is 11.7 Å². The third-order valence-electron chi connectivity index (χ3n) is 6.59. The number of nitrogens with one attached hydrogen (secondary N) is 1. The second-order valence-electron chi connectivity index (χ2n) is 9.03. The Kier molecular flexibility index (Phi) is 8.10. The topological polar surface area (TPSA) is 88.6 Å². The van der Waals surface area contributed by atoms with Crippen molar-refractivity contribution in [3.63, 3.8) is 0 Å². The van der Waals surface area contributed by atoms with Crippen molar-refractivity contribution in [2.75, 3.05) is 12.0 Å². The molecule has 1 aliphatic carbocycles. The minimum Gasteiger partial charge on any atom is -0.465 e. The number of carbonyl (C=O) groups excluding carboxylic acids is 3. The van der Waals surface area contributed by atoms with Crippen molar-refractivity contribution in [1.82, 2.24) is 10.3 Å². The number of aryl methyl sites for hydroxylation is 1. The van der Waals surface area contributed by atoms with Gasteiger partial charge in [-0.1, -0.05) is 55.7 Å². The number of rotatable bonds is 7. The summed E-state index contributed by atoms with van der Waals surface area (Å²) in [6, 6.07) is 18.3. The number of aromatic nitrogens is 1. The van der Waals surface area contributed by atoms with Crippen LogP contribution in [0.3, 0.4) is 0 Å². The average molecular weight is 486 g/mol. The molecule has 36 heavy (non-hydrogen) atoms. The van der Waals surface area contributed by atoms with Crippen molar-refractivity contribution in [3.8, 4) is 0 Å². The molecule has 2 aromatic carbocycles. The van der Waals surface area contributed by atoms with Gasteiger partial charge in [-0.15, -0.1) is 0 Å². The second-order valence-corrected chi connectivity index (χ2v) is 9.03. The second kappa shape index (κ2) is 11.6. The Morgan fingerprint density at radius 2 is 1.72 bits per heavy atom. The molecule has 4 rings (SSSR count). The smallest absolute Gasteiger partial charge is 0.337 e. The van der Waals surface area contributed by atoms with Crippen LogP contribution in [0.1, 0.15) is 70.1 Å². The molecule has 1 N–H and O–H groups in total. The van der Waals surface area contributed by atoms with Gasteiger partial charge in [-0.3, -0.25) is 19.5 Å². The van der Waals surface area contributed by atoms with Gasteiger partial charge in [0, 0.05) is 17.9 Å². The number of anilines is 1. The van der Waals surface area contributed by atoms with Crippen molar-refractivity contribution in [1.29, 1.82) is 0 Å². The molecule has 1 aromatic heterocycles. The van der Waals surface area contributed by atoms with Crippen LogP contribution in [0, 0.1) is 6.92 Å². The van der Waals surface area contributed by atoms with Crippen LogP contribution >= 0.6 is 0 Å². The first-order valence-corrected chi connectivity index (χ1v) is 12.3. The Labute approximate surface area is 211 Å². The molecule has 186 valence electrons. The molecule has 0 spiro atoms. The summed E-state index contributed by atoms with van der Waals surface area (Å²) in [6.07, 6.45) is 6.67. The van der Waals surface area contributed by atoms with E-state index in [1.165, 1.54) is 12.0 Å². The van der Waals surface area contributed by atoms with E-state index in [1.807, 2.05) is 31.2 Å². The monoisotopic (exact) mass is 485 g/mol. The van der Waals surface area contributed by atoms with Crippen LogP contribution in [0.2, 0.25) is 0 Å². The highest BCUT2D eigenvalue weighted by Crippen LogP contribution is 2.32. The molecule has 1 fully saturated rings. The Morgan fingerprint density at radius 3 is 2.42 bits per heavy atom. The van der Waals surface area contributed by atoms with Crippen LogP contribution in [0.5, 0.6) is 0 Å². The highest BCUT2D eigenvalue weighted by Gasteiger charge is 2.36. The third-order valence-corrected chi connectivity index (χ3v) is 6.59. The molecule has 3 aromatic rings. The Hall–Kier alpha value is -4.00. The van der Waals surface area contributed by atoms with Gasteiger partial charge in [0.25, 0.3) is 5.91 Å². The van der Waals surface area contributed by atoms with Gasteiger partial charge < -0.3 is 10.1 Å². The van der Waals surface area contributed by atoms with E-state index < -0.39 is 17.9 Å². The molecule has 0 unspecified atom stereocenters. The lowest BCUT2D eigenvalue weighted by Crippen LogP contribution is -2.47. The Morgan fingerprint density at radius 1 is 0.972 bits per heavy atom. The molecule has 0 saturated heterocycles. The predicted octanol–water partition coefficient (Wildman–Crippen LogP) is 5.01. The van der Waals surface area contributed by atoms with Gasteiger partial charge in [0.2, 0.25) is 5.91 Å². The molecule has 1 atom stereocenters. The number of hydrogen-bond acceptors (Lipinski definition) is 5. The van der Waals surface area contributed by atoms with Crippen LogP contribution in [0.15, 0.2) is 72.9 Å². The summed E-state index contributed by atoms with van der Waals surface area (Å²) in [5.41, 5.74) is 2.47. The van der Waals surface area contributed by atoms with E-state index in [0.29, 0.717) is 11.3 Å². The molecule has 0 radical (unpaired) electrons. The maximum Gasteiger partial charge on any atom is 0.337 e. The molecule has 7 nitrogen and oxygen atoms in total. The quantitative estimate of drug-likeness (QED) is 0.475. The van der Waals surface area contributed by atoms with Gasteiger partial charge in [-0.2, -0.15) is 0 Å². The average Bonchev–Trinajstić information content (AvgIpc) is 2.92. The number of ether oxygens (including phenoxy) is 1. The first-order valence-electron chi connectivity index (χ1n) is 12.3. The van der Waals surface area contributed by atoms with Crippen molar-refractivity contribution >= 4 is 23.5 Å². The fourth-order valence-electron chi connectivity index (χ4n) is 4.72. The maximum absolute atomic E-state index is 14.0. The lowest BCUT2D eigenvalue weighted by Gasteiger charge is -2.34. The molecule has 1 aliphatic rings. The van der Waals surface area contributed by atoms with Crippen LogP contribution < -0.4 is 10.2 Å². The summed E-state index contributed by atoms with van der Waals surface area (Å²) >= 11 is 0. The van der Waals surface area contributed by atoms with E-state index in [1.54, 1.807) is 48.7 Å². The fraction of sp³-hybridized carbons (Fsp3) is 0.310. The van der Waals surface area contributed by atoms with Crippen LogP contribution in [-0.2, 0) is 9.53 Å². The molecule has 2 amide bonds. The van der Waals surface area contributed by atoms with E-state index in [9.17, 15) is 14.4 Å². The molecule has 7 heteroatoms. The molecule has 0 bridgehead atoms. The SMILES string of the molecule is COC(=O)c1cccc(N(C(=O)c2ccccn2)[C@H](C(=O)NC2CCCCC2)c2ccccc2C)c1. The van der Waals surface area contributed by atoms with E-state index in [-0.39, 0.29) is 23.2 Å². The molecule has 0 aliphatic heterocycles. The van der Waals surface area contributed by atoms with Gasteiger partial charge in [0.05, 0.1) is 12.7 Å². The first-order chi connectivity index (χ1) is 17.5. The number of benzene rings is 2. The third kappa shape index (κ3) is 5.62. The number of nitrogens with zero attached hydrogens (tertiary/aromatic N) is 2. The van der Waals surface area contributed by atoms with Crippen molar-refractivity contribution < 1.29 is 19.1 Å². The van der Waals surface area contributed by atoms with E-state index in [0.717, 1.165) is 37.7 Å². The van der Waals surface area contributed by atoms with E-state index >= 15 is 0 Å². The minimum atomic E-state index is -0.962. The van der Waals surface area contributed by atoms with Gasteiger partial charge >= 0.3 is 5.97 Å². The summed E-state index contributed by atoms with van der Waals surface area (Å²) in [5, 5.41) is 3.20. The normalized spacial score (nSPS) is 14.5. The molecular formula is C29H31N3O4. The van der Waals surface area contributed by atoms with Crippen molar-refractivity contribution in [2.45, 2.75) is 51.1 Å². The van der Waals surface area contributed by atoms with Gasteiger partial charge in [-0.25, -0.2) is 4.79 Å². The zero-order valence-corrected chi connectivity index (χ0v) is 20.6. The number of esters is 1. The van der Waals surface area contributed by atoms with E-state index in [4.69, 9.17) is 4.74 Å². The summed E-state index contributed by atoms with van der Waals surface area (Å²) in [6.45, 7) is 1.92. The van der Waals surface area contributed by atoms with Crippen LogP contribution in [0.25, 0.3) is 0 Å². The zero-order chi connectivity index (χ0) is 25.5. The lowest BCUT2D eigenvalue weighted by molar-refractivity contribution is -0.123. The predicted molar refractivity (Wildman–Crippen MR) is 138 cm³/mol. The van der Waals surface area contributed by atoms with Gasteiger partial charge in [-0.05, 0) is 61.2 Å². The number of pyridine rings is 1. The highest BCUT2D eigenvalue weighted by atomic mass is 16.5. The molecule has 1 heterocycles. The maximum atomic E-state index is 14.0. The van der Waals surface area contributed by atoms with Gasteiger partial charge in [0.15, 0.2) is 0 Å². The van der Waals surface area contributed by atoms with E-state index in [2.05, 4.69) is 10.3 Å². The number of amides is 2. The van der Waals surface area contributed by atoms with Crippen LogP contribution in [-0.4, -0.2) is 35.9 Å². The Bertz CT molecular complexity index is 1220. The number of hydrogen-bond donors (Lipinski definition) is 1.